The van der Waals surface area contributed by atoms with E-state index in [0.717, 1.165) is 27.0 Å². The van der Waals surface area contributed by atoms with Crippen molar-refractivity contribution in [3.63, 3.8) is 0 Å². The predicted molar refractivity (Wildman–Crippen MR) is 64.1 cm³/mol. The Morgan fingerprint density at radius 2 is 2.07 bits per heavy atom. The summed E-state index contributed by atoms with van der Waals surface area (Å²) in [6.45, 7) is 0. The van der Waals surface area contributed by atoms with E-state index < -0.39 is 0 Å². The van der Waals surface area contributed by atoms with Crippen LogP contribution in [0.25, 0.3) is 10.9 Å². The molecule has 2 aromatic rings. The Bertz CT molecular complexity index is 428. The first kappa shape index (κ1) is 9.93. The Hall–Kier alpha value is -0.610. The van der Waals surface area contributed by atoms with Gasteiger partial charge in [0.15, 0.2) is 0 Å². The standard InChI is InChI=1S/C10H9BrN2S/c11-5-6-14-10-8-3-1-2-4-9(8)12-7-13-10/h1-4,7H,5-6H2. The van der Waals surface area contributed by atoms with Gasteiger partial charge in [0.2, 0.25) is 0 Å². The highest BCUT2D eigenvalue weighted by molar-refractivity contribution is 9.09. The van der Waals surface area contributed by atoms with E-state index in [4.69, 9.17) is 0 Å². The summed E-state index contributed by atoms with van der Waals surface area (Å²) in [5.74, 6) is 1.03. The predicted octanol–water partition coefficient (Wildman–Crippen LogP) is 3.12. The van der Waals surface area contributed by atoms with Crippen LogP contribution in [-0.2, 0) is 0 Å². The third-order valence-electron chi connectivity index (χ3n) is 1.82. The molecule has 0 aliphatic heterocycles. The molecule has 2 nitrogen and oxygen atoms in total. The molecule has 0 unspecified atom stereocenters. The van der Waals surface area contributed by atoms with Crippen molar-refractivity contribution in [3.05, 3.63) is 30.6 Å². The summed E-state index contributed by atoms with van der Waals surface area (Å²) in [4.78, 5) is 8.49. The minimum Gasteiger partial charge on any atom is -0.236 e. The molecule has 0 bridgehead atoms. The van der Waals surface area contributed by atoms with Gasteiger partial charge in [-0.1, -0.05) is 34.1 Å². The minimum absolute atomic E-state index is 0.982. The van der Waals surface area contributed by atoms with Crippen molar-refractivity contribution in [1.29, 1.82) is 0 Å². The van der Waals surface area contributed by atoms with Crippen LogP contribution in [0.4, 0.5) is 0 Å². The number of halogens is 1. The summed E-state index contributed by atoms with van der Waals surface area (Å²) < 4.78 is 0. The second-order valence-electron chi connectivity index (χ2n) is 2.73. The molecule has 1 heterocycles. The van der Waals surface area contributed by atoms with Crippen LogP contribution in [0.2, 0.25) is 0 Å². The second-order valence-corrected chi connectivity index (χ2v) is 4.61. The maximum absolute atomic E-state index is 4.28. The zero-order valence-electron chi connectivity index (χ0n) is 7.48. The molecular formula is C10H9BrN2S. The first-order chi connectivity index (χ1) is 6.92. The Balaban J connectivity index is 2.43. The molecule has 72 valence electrons. The molecule has 0 saturated heterocycles. The van der Waals surface area contributed by atoms with Crippen LogP contribution in [0.3, 0.4) is 0 Å². The molecule has 1 aromatic heterocycles. The van der Waals surface area contributed by atoms with Crippen LogP contribution in [0.15, 0.2) is 35.6 Å². The van der Waals surface area contributed by atoms with Gasteiger partial charge >= 0.3 is 0 Å². The molecule has 0 fully saturated rings. The molecule has 4 heteroatoms. The molecule has 0 atom stereocenters. The SMILES string of the molecule is BrCCSc1ncnc2ccccc12. The lowest BCUT2D eigenvalue weighted by molar-refractivity contribution is 1.10. The van der Waals surface area contributed by atoms with E-state index in [-0.39, 0.29) is 0 Å². The number of fused-ring (bicyclic) bond motifs is 1. The maximum Gasteiger partial charge on any atom is 0.117 e. The molecule has 0 N–H and O–H groups in total. The molecule has 1 aromatic carbocycles. The summed E-state index contributed by atoms with van der Waals surface area (Å²) in [5, 5.41) is 3.19. The number of nitrogens with zero attached hydrogens (tertiary/aromatic N) is 2. The number of hydrogen-bond donors (Lipinski definition) is 0. The lowest BCUT2D eigenvalue weighted by Crippen LogP contribution is -1.88. The Morgan fingerprint density at radius 3 is 2.93 bits per heavy atom. The highest BCUT2D eigenvalue weighted by Crippen LogP contribution is 2.23. The number of aromatic nitrogens is 2. The highest BCUT2D eigenvalue weighted by atomic mass is 79.9. The van der Waals surface area contributed by atoms with E-state index in [1.165, 1.54) is 0 Å². The molecule has 14 heavy (non-hydrogen) atoms. The van der Waals surface area contributed by atoms with Crippen molar-refractivity contribution < 1.29 is 0 Å². The van der Waals surface area contributed by atoms with Gasteiger partial charge in [0.1, 0.15) is 11.4 Å². The Labute approximate surface area is 95.3 Å². The topological polar surface area (TPSA) is 25.8 Å². The number of thioether (sulfide) groups is 1. The smallest absolute Gasteiger partial charge is 0.117 e. The van der Waals surface area contributed by atoms with E-state index >= 15 is 0 Å². The lowest BCUT2D eigenvalue weighted by atomic mass is 10.2. The van der Waals surface area contributed by atoms with Gasteiger partial charge in [0.05, 0.1) is 5.52 Å². The number of benzene rings is 1. The Morgan fingerprint density at radius 1 is 1.21 bits per heavy atom. The molecule has 0 aliphatic rings. The first-order valence-electron chi connectivity index (χ1n) is 4.30. The van der Waals surface area contributed by atoms with Gasteiger partial charge < -0.3 is 0 Å². The van der Waals surface area contributed by atoms with Gasteiger partial charge in [-0.2, -0.15) is 0 Å². The highest BCUT2D eigenvalue weighted by Gasteiger charge is 2.01. The summed E-state index contributed by atoms with van der Waals surface area (Å²) in [7, 11) is 0. The van der Waals surface area contributed by atoms with Gasteiger partial charge in [-0.25, -0.2) is 9.97 Å². The summed E-state index contributed by atoms with van der Waals surface area (Å²) in [5.41, 5.74) is 1.01. The minimum atomic E-state index is 0.982. The molecule has 0 radical (unpaired) electrons. The monoisotopic (exact) mass is 268 g/mol. The van der Waals surface area contributed by atoms with Gasteiger partial charge in [-0.05, 0) is 6.07 Å². The fourth-order valence-corrected chi connectivity index (χ4v) is 2.44. The van der Waals surface area contributed by atoms with Gasteiger partial charge in [-0.3, -0.25) is 0 Å². The third kappa shape index (κ3) is 2.07. The fraction of sp³-hybridized carbons (Fsp3) is 0.200. The van der Waals surface area contributed by atoms with Crippen LogP contribution in [0, 0.1) is 0 Å². The van der Waals surface area contributed by atoms with Gasteiger partial charge in [0, 0.05) is 16.5 Å². The molecular weight excluding hydrogens is 260 g/mol. The average Bonchev–Trinajstić information content (AvgIpc) is 2.26. The number of rotatable bonds is 3. The third-order valence-corrected chi connectivity index (χ3v) is 3.75. The fourth-order valence-electron chi connectivity index (χ4n) is 1.23. The molecule has 0 aliphatic carbocycles. The zero-order valence-corrected chi connectivity index (χ0v) is 9.88. The van der Waals surface area contributed by atoms with Crippen LogP contribution in [0.1, 0.15) is 0 Å². The van der Waals surface area contributed by atoms with E-state index in [1.54, 1.807) is 18.1 Å². The van der Waals surface area contributed by atoms with Crippen molar-refractivity contribution in [3.8, 4) is 0 Å². The quantitative estimate of drug-likeness (QED) is 0.486. The van der Waals surface area contributed by atoms with E-state index in [1.807, 2.05) is 18.2 Å². The van der Waals surface area contributed by atoms with Gasteiger partial charge in [-0.15, -0.1) is 11.8 Å². The van der Waals surface area contributed by atoms with Crippen LogP contribution < -0.4 is 0 Å². The first-order valence-corrected chi connectivity index (χ1v) is 6.41. The average molecular weight is 269 g/mol. The largest absolute Gasteiger partial charge is 0.236 e. The number of hydrogen-bond acceptors (Lipinski definition) is 3. The Kier molecular flexibility index (Phi) is 3.37. The van der Waals surface area contributed by atoms with Crippen molar-refractivity contribution >= 4 is 38.6 Å². The summed E-state index contributed by atoms with van der Waals surface area (Å²) >= 11 is 5.16. The van der Waals surface area contributed by atoms with Crippen molar-refractivity contribution in [2.45, 2.75) is 5.03 Å². The molecule has 0 amide bonds. The van der Waals surface area contributed by atoms with Crippen LogP contribution in [-0.4, -0.2) is 21.1 Å². The van der Waals surface area contributed by atoms with E-state index in [2.05, 4.69) is 32.0 Å². The number of para-hydroxylation sites is 1. The number of alkyl halides is 1. The second kappa shape index (κ2) is 4.75. The molecule has 2 rings (SSSR count). The van der Waals surface area contributed by atoms with Crippen LogP contribution in [0.5, 0.6) is 0 Å². The van der Waals surface area contributed by atoms with Crippen molar-refractivity contribution in [2.24, 2.45) is 0 Å². The van der Waals surface area contributed by atoms with Gasteiger partial charge in [0.25, 0.3) is 0 Å². The molecule has 0 spiro atoms. The van der Waals surface area contributed by atoms with Crippen LogP contribution >= 0.6 is 27.7 Å². The molecule has 0 saturated carbocycles. The normalized spacial score (nSPS) is 10.6. The summed E-state index contributed by atoms with van der Waals surface area (Å²) in [6, 6.07) is 8.08. The zero-order chi connectivity index (χ0) is 9.80. The van der Waals surface area contributed by atoms with E-state index in [9.17, 15) is 0 Å². The lowest BCUT2D eigenvalue weighted by Gasteiger charge is -2.02. The van der Waals surface area contributed by atoms with E-state index in [0.29, 0.717) is 0 Å². The van der Waals surface area contributed by atoms with Crippen molar-refractivity contribution in [1.82, 2.24) is 9.97 Å². The van der Waals surface area contributed by atoms with Crippen molar-refractivity contribution in [2.75, 3.05) is 11.1 Å². The maximum atomic E-state index is 4.28. The summed E-state index contributed by atoms with van der Waals surface area (Å²) in [6.07, 6.45) is 1.62.